The van der Waals surface area contributed by atoms with Gasteiger partial charge in [0.05, 0.1) is 5.75 Å². The first-order valence-corrected chi connectivity index (χ1v) is 12.9. The first kappa shape index (κ1) is 25.3. The zero-order valence-corrected chi connectivity index (χ0v) is 21.5. The minimum Gasteiger partial charge on any atom is -0.357 e. The van der Waals surface area contributed by atoms with Gasteiger partial charge in [0.1, 0.15) is 6.04 Å². The molecule has 0 fully saturated rings. The highest BCUT2D eigenvalue weighted by Gasteiger charge is 2.29. The van der Waals surface area contributed by atoms with Crippen LogP contribution < -0.4 is 5.32 Å². The van der Waals surface area contributed by atoms with Gasteiger partial charge in [-0.3, -0.25) is 9.59 Å². The molecule has 0 aliphatic carbocycles. The van der Waals surface area contributed by atoms with Crippen LogP contribution in [0.4, 0.5) is 0 Å². The summed E-state index contributed by atoms with van der Waals surface area (Å²) in [7, 11) is 1.61. The van der Waals surface area contributed by atoms with Gasteiger partial charge in [0.25, 0.3) is 0 Å². The summed E-state index contributed by atoms with van der Waals surface area (Å²) in [5.74, 6) is 0.686. The summed E-state index contributed by atoms with van der Waals surface area (Å²) in [6.45, 7) is 0.356. The zero-order chi connectivity index (χ0) is 23.6. The van der Waals surface area contributed by atoms with E-state index in [4.69, 9.17) is 11.6 Å². The molecule has 2 amide bonds. The molecule has 0 radical (unpaired) electrons. The molecule has 4 nitrogen and oxygen atoms in total. The van der Waals surface area contributed by atoms with E-state index in [9.17, 15) is 9.59 Å². The molecule has 0 saturated heterocycles. The van der Waals surface area contributed by atoms with Gasteiger partial charge in [-0.05, 0) is 41.0 Å². The van der Waals surface area contributed by atoms with Gasteiger partial charge in [0.15, 0.2) is 0 Å². The predicted molar refractivity (Wildman–Crippen MR) is 140 cm³/mol. The van der Waals surface area contributed by atoms with Crippen LogP contribution in [0.25, 0.3) is 0 Å². The van der Waals surface area contributed by atoms with E-state index in [-0.39, 0.29) is 17.6 Å². The van der Waals surface area contributed by atoms with Gasteiger partial charge < -0.3 is 10.2 Å². The zero-order valence-electron chi connectivity index (χ0n) is 18.3. The van der Waals surface area contributed by atoms with E-state index in [1.165, 1.54) is 11.8 Å². The van der Waals surface area contributed by atoms with Crippen LogP contribution in [0.5, 0.6) is 0 Å². The maximum Gasteiger partial charge on any atom is 0.242 e. The SMILES string of the molecule is CNC(=O)[C@H](Cc1ccccc1)N(Cc1ccc(Br)cc1)C(=O)CSCc1cccc(Cl)c1. The molecular formula is C26H26BrClN2O2S. The van der Waals surface area contributed by atoms with Crippen LogP contribution in [0.2, 0.25) is 5.02 Å². The number of hydrogen-bond donors (Lipinski definition) is 1. The monoisotopic (exact) mass is 544 g/mol. The second-order valence-electron chi connectivity index (χ2n) is 7.59. The lowest BCUT2D eigenvalue weighted by molar-refractivity contribution is -0.139. The molecular weight excluding hydrogens is 520 g/mol. The summed E-state index contributed by atoms with van der Waals surface area (Å²) < 4.78 is 0.966. The van der Waals surface area contributed by atoms with Gasteiger partial charge in [0.2, 0.25) is 11.8 Å². The Balaban J connectivity index is 1.80. The minimum atomic E-state index is -0.611. The highest BCUT2D eigenvalue weighted by molar-refractivity contribution is 9.10. The minimum absolute atomic E-state index is 0.0746. The lowest BCUT2D eigenvalue weighted by atomic mass is 10.0. The van der Waals surface area contributed by atoms with Crippen molar-refractivity contribution in [2.75, 3.05) is 12.8 Å². The van der Waals surface area contributed by atoms with Gasteiger partial charge in [-0.25, -0.2) is 0 Å². The van der Waals surface area contributed by atoms with Crippen molar-refractivity contribution in [3.8, 4) is 0 Å². The number of carbonyl (C=O) groups is 2. The number of thioether (sulfide) groups is 1. The fraction of sp³-hybridized carbons (Fsp3) is 0.231. The van der Waals surface area contributed by atoms with Gasteiger partial charge in [-0.1, -0.05) is 82.1 Å². The van der Waals surface area contributed by atoms with Gasteiger partial charge >= 0.3 is 0 Å². The Bertz CT molecular complexity index is 1060. The Morgan fingerprint density at radius 3 is 2.33 bits per heavy atom. The molecule has 7 heteroatoms. The third-order valence-electron chi connectivity index (χ3n) is 5.17. The molecule has 172 valence electrons. The number of nitrogens with one attached hydrogen (secondary N) is 1. The summed E-state index contributed by atoms with van der Waals surface area (Å²) in [5.41, 5.74) is 3.03. The summed E-state index contributed by atoms with van der Waals surface area (Å²) >= 11 is 11.0. The molecule has 0 aliphatic heterocycles. The summed E-state index contributed by atoms with van der Waals surface area (Å²) in [4.78, 5) is 28.0. The number of benzene rings is 3. The molecule has 0 aliphatic rings. The third kappa shape index (κ3) is 7.91. The van der Waals surface area contributed by atoms with Crippen molar-refractivity contribution in [1.29, 1.82) is 0 Å². The topological polar surface area (TPSA) is 49.4 Å². The molecule has 0 heterocycles. The average molecular weight is 546 g/mol. The fourth-order valence-electron chi connectivity index (χ4n) is 3.47. The Morgan fingerprint density at radius 1 is 0.970 bits per heavy atom. The predicted octanol–water partition coefficient (Wildman–Crippen LogP) is 5.72. The molecule has 33 heavy (non-hydrogen) atoms. The van der Waals surface area contributed by atoms with Gasteiger partial charge in [0, 0.05) is 35.3 Å². The maximum absolute atomic E-state index is 13.4. The molecule has 1 N–H and O–H groups in total. The number of amides is 2. The highest BCUT2D eigenvalue weighted by atomic mass is 79.9. The number of hydrogen-bond acceptors (Lipinski definition) is 3. The molecule has 3 rings (SSSR count). The molecule has 0 bridgehead atoms. The molecule has 0 saturated carbocycles. The number of likely N-dealkylation sites (N-methyl/N-ethyl adjacent to an activating group) is 1. The average Bonchev–Trinajstić information content (AvgIpc) is 2.82. The second kappa shape index (κ2) is 12.8. The lowest BCUT2D eigenvalue weighted by Gasteiger charge is -2.31. The van der Waals surface area contributed by atoms with E-state index >= 15 is 0 Å². The van der Waals surface area contributed by atoms with E-state index in [1.807, 2.05) is 78.9 Å². The van der Waals surface area contributed by atoms with Gasteiger partial charge in [-0.15, -0.1) is 11.8 Å². The smallest absolute Gasteiger partial charge is 0.242 e. The first-order valence-electron chi connectivity index (χ1n) is 10.6. The van der Waals surface area contributed by atoms with Crippen molar-refractivity contribution in [2.24, 2.45) is 0 Å². The van der Waals surface area contributed by atoms with E-state index < -0.39 is 6.04 Å². The summed E-state index contributed by atoms with van der Waals surface area (Å²) in [5, 5.41) is 3.42. The molecule has 0 spiro atoms. The van der Waals surface area contributed by atoms with Crippen LogP contribution in [-0.4, -0.2) is 35.6 Å². The van der Waals surface area contributed by atoms with Crippen LogP contribution in [0.3, 0.4) is 0 Å². The number of carbonyl (C=O) groups excluding carboxylic acids is 2. The van der Waals surface area contributed by atoms with Crippen molar-refractivity contribution in [2.45, 2.75) is 24.8 Å². The Labute approximate surface area is 212 Å². The molecule has 0 unspecified atom stereocenters. The van der Waals surface area contributed by atoms with Crippen LogP contribution in [0.15, 0.2) is 83.3 Å². The molecule has 3 aromatic rings. The van der Waals surface area contributed by atoms with Crippen molar-refractivity contribution in [1.82, 2.24) is 10.2 Å². The normalized spacial score (nSPS) is 11.6. The molecule has 0 aromatic heterocycles. The van der Waals surface area contributed by atoms with E-state index in [0.29, 0.717) is 23.7 Å². The first-order chi connectivity index (χ1) is 16.0. The fourth-order valence-corrected chi connectivity index (χ4v) is 4.81. The second-order valence-corrected chi connectivity index (χ2v) is 9.93. The maximum atomic E-state index is 13.4. The number of halogens is 2. The standard InChI is InChI=1S/C26H26BrClN2O2S/c1-29-26(32)24(15-19-6-3-2-4-7-19)30(16-20-10-12-22(27)13-11-20)25(31)18-33-17-21-8-5-9-23(28)14-21/h2-14,24H,15-18H2,1H3,(H,29,32)/t24-/m0/s1. The lowest BCUT2D eigenvalue weighted by Crippen LogP contribution is -2.50. The van der Waals surface area contributed by atoms with Crippen molar-refractivity contribution in [3.63, 3.8) is 0 Å². The van der Waals surface area contributed by atoms with Gasteiger partial charge in [-0.2, -0.15) is 0 Å². The van der Waals surface area contributed by atoms with E-state index in [1.54, 1.807) is 11.9 Å². The number of nitrogens with zero attached hydrogens (tertiary/aromatic N) is 1. The van der Waals surface area contributed by atoms with Crippen molar-refractivity contribution >= 4 is 51.1 Å². The largest absolute Gasteiger partial charge is 0.357 e. The quantitative estimate of drug-likeness (QED) is 0.354. The van der Waals surface area contributed by atoms with Crippen molar-refractivity contribution in [3.05, 3.63) is 105 Å². The molecule has 3 aromatic carbocycles. The van der Waals surface area contributed by atoms with Crippen molar-refractivity contribution < 1.29 is 9.59 Å². The third-order valence-corrected chi connectivity index (χ3v) is 6.92. The summed E-state index contributed by atoms with van der Waals surface area (Å²) in [6, 6.07) is 24.6. The number of rotatable bonds is 10. The van der Waals surface area contributed by atoms with E-state index in [2.05, 4.69) is 21.2 Å². The highest BCUT2D eigenvalue weighted by Crippen LogP contribution is 2.20. The van der Waals surface area contributed by atoms with Crippen LogP contribution in [-0.2, 0) is 28.3 Å². The van der Waals surface area contributed by atoms with Crippen LogP contribution >= 0.6 is 39.3 Å². The summed E-state index contributed by atoms with van der Waals surface area (Å²) in [6.07, 6.45) is 0.446. The Morgan fingerprint density at radius 2 is 1.67 bits per heavy atom. The Kier molecular flexibility index (Phi) is 9.85. The van der Waals surface area contributed by atoms with Crippen LogP contribution in [0, 0.1) is 0 Å². The van der Waals surface area contributed by atoms with E-state index in [0.717, 1.165) is 21.2 Å². The Hall–Kier alpha value is -2.28. The van der Waals surface area contributed by atoms with Crippen LogP contribution in [0.1, 0.15) is 16.7 Å². The molecule has 1 atom stereocenters.